The Kier molecular flexibility index (Phi) is 8.69. The van der Waals surface area contributed by atoms with Gasteiger partial charge in [0.25, 0.3) is 0 Å². The lowest BCUT2D eigenvalue weighted by atomic mass is 9.98. The highest BCUT2D eigenvalue weighted by Gasteiger charge is 2.55. The third kappa shape index (κ3) is 5.83. The Labute approximate surface area is 230 Å². The molecule has 1 fully saturated rings. The van der Waals surface area contributed by atoms with Gasteiger partial charge in [-0.25, -0.2) is 9.37 Å². The number of halogens is 1. The first-order valence-corrected chi connectivity index (χ1v) is 14.4. The van der Waals surface area contributed by atoms with Gasteiger partial charge in [0.2, 0.25) is 5.95 Å². The average molecular weight is 584 g/mol. The zero-order valence-electron chi connectivity index (χ0n) is 22.0. The van der Waals surface area contributed by atoms with Crippen LogP contribution in [0.3, 0.4) is 0 Å². The number of imidazole rings is 1. The Morgan fingerprint density at radius 1 is 1.36 bits per heavy atom. The van der Waals surface area contributed by atoms with Crippen molar-refractivity contribution in [1.82, 2.24) is 24.4 Å². The molecule has 0 aliphatic carbocycles. The van der Waals surface area contributed by atoms with Crippen LogP contribution in [-0.4, -0.2) is 87.2 Å². The number of nitrogens with two attached hydrogens (primary N) is 1. The van der Waals surface area contributed by atoms with Crippen molar-refractivity contribution in [2.45, 2.75) is 44.0 Å². The largest absolute Gasteiger partial charge is 0.468 e. The molecule has 0 radical (unpaired) electrons. The molecule has 6 atom stereocenters. The van der Waals surface area contributed by atoms with Crippen LogP contribution in [0, 0.1) is 0 Å². The normalized spacial score (nSPS) is 24.6. The summed E-state index contributed by atoms with van der Waals surface area (Å²) in [4.78, 5) is 33.8. The van der Waals surface area contributed by atoms with Gasteiger partial charge >= 0.3 is 5.97 Å². The van der Waals surface area contributed by atoms with Crippen molar-refractivity contribution in [2.24, 2.45) is 0 Å². The van der Waals surface area contributed by atoms with E-state index in [0.717, 1.165) is 0 Å². The molecule has 2 aromatic heterocycles. The highest BCUT2D eigenvalue weighted by Crippen LogP contribution is 2.44. The van der Waals surface area contributed by atoms with Crippen molar-refractivity contribution in [1.29, 1.82) is 0 Å². The number of methoxy groups -OCH3 is 1. The molecule has 1 aliphatic rings. The van der Waals surface area contributed by atoms with Crippen LogP contribution in [0.4, 0.5) is 16.2 Å². The first-order chi connectivity index (χ1) is 18.4. The lowest BCUT2D eigenvalue weighted by molar-refractivity contribution is -0.151. The number of hydrogen-bond donors (Lipinski definition) is 2. The molecular weight excluding hydrogens is 552 g/mol. The molecule has 0 saturated carbocycles. The number of nitrogen functional groups attached to an aromatic ring is 1. The Balaban J connectivity index is 1.54. The molecule has 1 saturated heterocycles. The lowest BCUT2D eigenvalue weighted by Crippen LogP contribution is -2.41. The van der Waals surface area contributed by atoms with Crippen LogP contribution in [-0.2, 0) is 30.6 Å². The Bertz CT molecular complexity index is 1350. The highest BCUT2D eigenvalue weighted by atomic mass is 32.4. The number of rotatable bonds is 10. The molecule has 1 aromatic carbocycles. The SMILES string of the molecule is COC(=O)[C@@H](C)N(Oc1ccccc1)[PH](=S)OC[C@H]1O[C@@H](n2cnc3c(N(C)C)nc(N)nc32)[C@](C)(F)[C@@H]1O. The summed E-state index contributed by atoms with van der Waals surface area (Å²) in [5.74, 6) is 0.277. The number of aliphatic hydroxyl groups excluding tert-OH is 1. The first-order valence-electron chi connectivity index (χ1n) is 11.9. The van der Waals surface area contributed by atoms with Crippen LogP contribution in [0.2, 0.25) is 0 Å². The fourth-order valence-corrected chi connectivity index (χ4v) is 5.93. The molecule has 13 nitrogen and oxygen atoms in total. The van der Waals surface area contributed by atoms with Gasteiger partial charge in [-0.3, -0.25) is 9.36 Å². The van der Waals surface area contributed by atoms with Gasteiger partial charge in [-0.2, -0.15) is 9.97 Å². The Hall–Kier alpha value is -2.94. The number of carbonyl (C=O) groups is 1. The molecule has 0 amide bonds. The van der Waals surface area contributed by atoms with Gasteiger partial charge in [0, 0.05) is 14.1 Å². The number of ether oxygens (including phenoxy) is 2. The van der Waals surface area contributed by atoms with Crippen LogP contribution < -0.4 is 15.5 Å². The van der Waals surface area contributed by atoms with E-state index < -0.39 is 43.2 Å². The lowest BCUT2D eigenvalue weighted by Gasteiger charge is -2.28. The quantitative estimate of drug-likeness (QED) is 0.203. The number of alkyl halides is 1. The van der Waals surface area contributed by atoms with Crippen molar-refractivity contribution in [3.63, 3.8) is 0 Å². The van der Waals surface area contributed by atoms with E-state index in [1.807, 2.05) is 6.07 Å². The molecule has 0 spiro atoms. The number of hydroxylamine groups is 1. The molecule has 4 rings (SSSR count). The van der Waals surface area contributed by atoms with Crippen molar-refractivity contribution in [2.75, 3.05) is 38.4 Å². The van der Waals surface area contributed by atoms with Crippen LogP contribution >= 0.6 is 7.07 Å². The van der Waals surface area contributed by atoms with Crippen LogP contribution in [0.25, 0.3) is 11.2 Å². The minimum atomic E-state index is -2.43. The zero-order valence-corrected chi connectivity index (χ0v) is 23.8. The zero-order chi connectivity index (χ0) is 28.5. The first kappa shape index (κ1) is 29.1. The van der Waals surface area contributed by atoms with Crippen molar-refractivity contribution < 1.29 is 33.1 Å². The summed E-state index contributed by atoms with van der Waals surface area (Å²) in [6, 6.07) is 7.82. The number of benzene rings is 1. The van der Waals surface area contributed by atoms with Crippen LogP contribution in [0.15, 0.2) is 36.7 Å². The fraction of sp³-hybridized carbons (Fsp3) is 0.478. The van der Waals surface area contributed by atoms with Crippen LogP contribution in [0.1, 0.15) is 20.1 Å². The van der Waals surface area contributed by atoms with E-state index in [9.17, 15) is 9.90 Å². The Morgan fingerprint density at radius 2 is 2.05 bits per heavy atom. The minimum Gasteiger partial charge on any atom is -0.468 e. The predicted octanol–water partition coefficient (Wildman–Crippen LogP) is 1.84. The summed E-state index contributed by atoms with van der Waals surface area (Å²) < 4.78 is 33.9. The predicted molar refractivity (Wildman–Crippen MR) is 146 cm³/mol. The van der Waals surface area contributed by atoms with Crippen molar-refractivity contribution in [3.8, 4) is 5.75 Å². The summed E-state index contributed by atoms with van der Waals surface area (Å²) in [5, 5.41) is 10.9. The summed E-state index contributed by atoms with van der Waals surface area (Å²) in [7, 11) is 2.35. The van der Waals surface area contributed by atoms with Crippen molar-refractivity contribution >= 4 is 47.8 Å². The van der Waals surface area contributed by atoms with Gasteiger partial charge in [-0.1, -0.05) is 34.8 Å². The van der Waals surface area contributed by atoms with Gasteiger partial charge < -0.3 is 34.6 Å². The summed E-state index contributed by atoms with van der Waals surface area (Å²) in [6.45, 7) is 2.50. The second kappa shape index (κ2) is 11.7. The molecule has 212 valence electrons. The fourth-order valence-electron chi connectivity index (χ4n) is 4.10. The number of nitrogens with zero attached hydrogens (tertiary/aromatic N) is 6. The van der Waals surface area contributed by atoms with E-state index in [-0.39, 0.29) is 18.2 Å². The number of fused-ring (bicyclic) bond motifs is 1. The van der Waals surface area contributed by atoms with Gasteiger partial charge in [0.1, 0.15) is 24.0 Å². The second-order valence-corrected chi connectivity index (χ2v) is 11.6. The number of para-hydroxylation sites is 1. The Morgan fingerprint density at radius 3 is 2.69 bits per heavy atom. The standard InChI is InChI=1S/C23H31FN7O6PS/c1-13(20(33)34-5)31(37-14-9-7-6-8-10-14)38(39)35-11-15-17(32)23(2,24)21(36-15)30-12-26-16-18(29(3)4)27-22(25)28-19(16)30/h6-10,12-13,15,17,21,32,38H,11H2,1-5H3,(H2,25,27,28)/t13-,15-,17-,21-,23-/m1/s1. The number of anilines is 2. The smallest absolute Gasteiger partial charge is 0.326 e. The number of esters is 1. The molecule has 1 unspecified atom stereocenters. The topological polar surface area (TPSA) is 150 Å². The molecular formula is C23H31FN7O6PS. The highest BCUT2D eigenvalue weighted by molar-refractivity contribution is 8.01. The second-order valence-electron chi connectivity index (χ2n) is 9.25. The maximum atomic E-state index is 15.9. The molecule has 3 N–H and O–H groups in total. The molecule has 3 heterocycles. The maximum Gasteiger partial charge on any atom is 0.326 e. The minimum absolute atomic E-state index is 0.0245. The van der Waals surface area contributed by atoms with Gasteiger partial charge in [-0.15, -0.1) is 0 Å². The van der Waals surface area contributed by atoms with E-state index >= 15 is 4.39 Å². The number of aliphatic hydroxyl groups is 1. The van der Waals surface area contributed by atoms with Crippen LogP contribution in [0.5, 0.6) is 5.75 Å². The van der Waals surface area contributed by atoms with E-state index in [1.54, 1.807) is 50.2 Å². The van der Waals surface area contributed by atoms with E-state index in [1.165, 1.54) is 29.8 Å². The molecule has 3 aromatic rings. The monoisotopic (exact) mass is 583 g/mol. The molecule has 1 aliphatic heterocycles. The van der Waals surface area contributed by atoms with E-state index in [0.29, 0.717) is 17.1 Å². The summed E-state index contributed by atoms with van der Waals surface area (Å²) in [6.07, 6.45) is -2.63. The number of aromatic nitrogens is 4. The van der Waals surface area contributed by atoms with E-state index in [2.05, 4.69) is 15.0 Å². The van der Waals surface area contributed by atoms with Gasteiger partial charge in [0.05, 0.1) is 20.0 Å². The number of carbonyl (C=O) groups excluding carboxylic acids is 1. The molecule has 0 bridgehead atoms. The third-order valence-electron chi connectivity index (χ3n) is 6.21. The van der Waals surface area contributed by atoms with Crippen molar-refractivity contribution in [3.05, 3.63) is 36.7 Å². The average Bonchev–Trinajstić information content (AvgIpc) is 3.42. The number of hydrogen-bond acceptors (Lipinski definition) is 12. The van der Waals surface area contributed by atoms with E-state index in [4.69, 9.17) is 36.4 Å². The maximum absolute atomic E-state index is 15.9. The molecule has 39 heavy (non-hydrogen) atoms. The van der Waals surface area contributed by atoms with Gasteiger partial charge in [-0.05, 0) is 26.0 Å². The summed E-state index contributed by atoms with van der Waals surface area (Å²) in [5.41, 5.74) is 4.26. The van der Waals surface area contributed by atoms with Gasteiger partial charge in [0.15, 0.2) is 36.0 Å². The third-order valence-corrected chi connectivity index (χ3v) is 8.35. The summed E-state index contributed by atoms with van der Waals surface area (Å²) >= 11 is 5.55. The molecule has 16 heteroatoms.